The predicted molar refractivity (Wildman–Crippen MR) is 111 cm³/mol. The zero-order valence-electron chi connectivity index (χ0n) is 16.5. The molecule has 2 aromatic carbocycles. The van der Waals surface area contributed by atoms with E-state index < -0.39 is 0 Å². The van der Waals surface area contributed by atoms with Crippen LogP contribution in [0.4, 0.5) is 4.39 Å². The van der Waals surface area contributed by atoms with Crippen LogP contribution in [0, 0.1) is 5.82 Å². The molecule has 30 heavy (non-hydrogen) atoms. The van der Waals surface area contributed by atoms with Crippen LogP contribution >= 0.6 is 0 Å². The molecule has 1 amide bonds. The zero-order chi connectivity index (χ0) is 20.9. The highest BCUT2D eigenvalue weighted by molar-refractivity contribution is 5.78. The Morgan fingerprint density at radius 2 is 1.87 bits per heavy atom. The van der Waals surface area contributed by atoms with Crippen molar-refractivity contribution in [2.75, 3.05) is 32.8 Å². The minimum Gasteiger partial charge on any atom is -0.379 e. The van der Waals surface area contributed by atoms with E-state index in [0.29, 0.717) is 30.7 Å². The minimum atomic E-state index is -0.299. The van der Waals surface area contributed by atoms with Crippen LogP contribution in [0.25, 0.3) is 10.9 Å². The van der Waals surface area contributed by atoms with Gasteiger partial charge in [0.25, 0.3) is 5.56 Å². The molecule has 1 aromatic heterocycles. The topological polar surface area (TPSA) is 76.5 Å². The molecule has 0 aliphatic carbocycles. The maximum Gasteiger partial charge on any atom is 0.261 e. The molecule has 0 radical (unpaired) electrons. The van der Waals surface area contributed by atoms with Crippen molar-refractivity contribution in [3.63, 3.8) is 0 Å². The Balaban J connectivity index is 1.46. The summed E-state index contributed by atoms with van der Waals surface area (Å²) in [5, 5.41) is 3.39. The Morgan fingerprint density at radius 3 is 2.63 bits per heavy atom. The van der Waals surface area contributed by atoms with Crippen LogP contribution < -0.4 is 10.9 Å². The fourth-order valence-corrected chi connectivity index (χ4v) is 3.67. The van der Waals surface area contributed by atoms with Crippen LogP contribution in [-0.4, -0.2) is 53.2 Å². The number of aromatic nitrogens is 2. The van der Waals surface area contributed by atoms with Crippen LogP contribution in [-0.2, 0) is 16.1 Å². The lowest BCUT2D eigenvalue weighted by atomic mass is 10.0. The molecule has 7 nitrogen and oxygen atoms in total. The molecule has 1 atom stereocenters. The summed E-state index contributed by atoms with van der Waals surface area (Å²) in [6, 6.07) is 13.2. The van der Waals surface area contributed by atoms with Gasteiger partial charge in [0, 0.05) is 19.6 Å². The van der Waals surface area contributed by atoms with Crippen LogP contribution in [0.15, 0.2) is 59.7 Å². The molecule has 1 aliphatic rings. The third-order valence-electron chi connectivity index (χ3n) is 5.28. The molecule has 3 aromatic rings. The van der Waals surface area contributed by atoms with Crippen molar-refractivity contribution in [1.29, 1.82) is 0 Å². The molecule has 156 valence electrons. The number of carbonyl (C=O) groups is 1. The first-order valence-electron chi connectivity index (χ1n) is 9.90. The number of para-hydroxylation sites is 1. The molecule has 2 heterocycles. The Kier molecular flexibility index (Phi) is 6.15. The number of nitrogens with zero attached hydrogens (tertiary/aromatic N) is 3. The number of nitrogens with one attached hydrogen (secondary N) is 1. The second kappa shape index (κ2) is 9.15. The lowest BCUT2D eigenvalue weighted by molar-refractivity contribution is -0.122. The zero-order valence-corrected chi connectivity index (χ0v) is 16.5. The number of benzene rings is 2. The van der Waals surface area contributed by atoms with Crippen LogP contribution in [0.1, 0.15) is 11.6 Å². The summed E-state index contributed by atoms with van der Waals surface area (Å²) in [5.41, 5.74) is 1.27. The quantitative estimate of drug-likeness (QED) is 0.670. The van der Waals surface area contributed by atoms with Gasteiger partial charge in [-0.25, -0.2) is 9.37 Å². The number of amides is 1. The summed E-state index contributed by atoms with van der Waals surface area (Å²) in [7, 11) is 0. The Bertz CT molecular complexity index is 1080. The average Bonchev–Trinajstić information content (AvgIpc) is 2.78. The standard InChI is InChI=1S/C22H23FN4O3/c23-17-7-5-16(6-8-17)20(26-9-11-30-12-10-26)13-24-21(28)14-27-15-25-19-4-2-1-3-18(19)22(27)29/h1-8,15,20H,9-14H2,(H,24,28). The van der Waals surface area contributed by atoms with E-state index in [1.54, 1.807) is 30.3 Å². The second-order valence-corrected chi connectivity index (χ2v) is 7.21. The minimum absolute atomic E-state index is 0.107. The number of hydrogen-bond donors (Lipinski definition) is 1. The van der Waals surface area contributed by atoms with Crippen molar-refractivity contribution in [2.24, 2.45) is 0 Å². The number of hydrogen-bond acceptors (Lipinski definition) is 5. The summed E-state index contributed by atoms with van der Waals surface area (Å²) in [5.74, 6) is -0.582. The fraction of sp³-hybridized carbons (Fsp3) is 0.318. The molecule has 8 heteroatoms. The van der Waals surface area contributed by atoms with Crippen molar-refractivity contribution in [3.8, 4) is 0 Å². The van der Waals surface area contributed by atoms with E-state index in [0.717, 1.165) is 18.7 Å². The first kappa shape index (κ1) is 20.2. The number of ether oxygens (including phenoxy) is 1. The van der Waals surface area contributed by atoms with E-state index in [9.17, 15) is 14.0 Å². The van der Waals surface area contributed by atoms with E-state index in [-0.39, 0.29) is 29.9 Å². The molecule has 1 aliphatic heterocycles. The molecule has 0 saturated carbocycles. The number of fused-ring (bicyclic) bond motifs is 1. The maximum absolute atomic E-state index is 13.4. The Hall–Kier alpha value is -3.10. The summed E-state index contributed by atoms with van der Waals surface area (Å²) < 4.78 is 20.1. The van der Waals surface area contributed by atoms with Gasteiger partial charge in [0.1, 0.15) is 12.4 Å². The highest BCUT2D eigenvalue weighted by Crippen LogP contribution is 2.21. The van der Waals surface area contributed by atoms with Gasteiger partial charge in [0.15, 0.2) is 0 Å². The third-order valence-corrected chi connectivity index (χ3v) is 5.28. The summed E-state index contributed by atoms with van der Waals surface area (Å²) in [4.78, 5) is 31.6. The van der Waals surface area contributed by atoms with Gasteiger partial charge in [0.05, 0.1) is 36.5 Å². The number of carbonyl (C=O) groups excluding carboxylic acids is 1. The molecule has 1 fully saturated rings. The van der Waals surface area contributed by atoms with Crippen molar-refractivity contribution in [3.05, 3.63) is 76.6 Å². The molecule has 1 N–H and O–H groups in total. The monoisotopic (exact) mass is 410 g/mol. The Labute approximate surface area is 173 Å². The molecular weight excluding hydrogens is 387 g/mol. The molecule has 1 saturated heterocycles. The molecule has 4 rings (SSSR count). The van der Waals surface area contributed by atoms with Gasteiger partial charge in [-0.15, -0.1) is 0 Å². The van der Waals surface area contributed by atoms with Crippen molar-refractivity contribution in [2.45, 2.75) is 12.6 Å². The van der Waals surface area contributed by atoms with Crippen LogP contribution in [0.5, 0.6) is 0 Å². The van der Waals surface area contributed by atoms with Gasteiger partial charge >= 0.3 is 0 Å². The highest BCUT2D eigenvalue weighted by Gasteiger charge is 2.23. The predicted octanol–water partition coefficient (Wildman–Crippen LogP) is 1.73. The van der Waals surface area contributed by atoms with E-state index >= 15 is 0 Å². The van der Waals surface area contributed by atoms with Crippen molar-refractivity contribution >= 4 is 16.8 Å². The van der Waals surface area contributed by atoms with Gasteiger partial charge in [-0.1, -0.05) is 24.3 Å². The van der Waals surface area contributed by atoms with Gasteiger partial charge in [-0.3, -0.25) is 19.1 Å². The largest absolute Gasteiger partial charge is 0.379 e. The van der Waals surface area contributed by atoms with Gasteiger partial charge in [0.2, 0.25) is 5.91 Å². The third kappa shape index (κ3) is 4.55. The molecule has 0 spiro atoms. The van der Waals surface area contributed by atoms with E-state index in [1.165, 1.54) is 23.0 Å². The summed E-state index contributed by atoms with van der Waals surface area (Å²) >= 11 is 0. The number of halogens is 1. The lowest BCUT2D eigenvalue weighted by Crippen LogP contribution is -2.44. The lowest BCUT2D eigenvalue weighted by Gasteiger charge is -2.35. The van der Waals surface area contributed by atoms with E-state index in [1.807, 2.05) is 6.07 Å². The van der Waals surface area contributed by atoms with Crippen LogP contribution in [0.2, 0.25) is 0 Å². The SMILES string of the molecule is O=C(Cn1cnc2ccccc2c1=O)NCC(c1ccc(F)cc1)N1CCOCC1. The number of morpholine rings is 1. The average molecular weight is 410 g/mol. The molecular formula is C22H23FN4O3. The van der Waals surface area contributed by atoms with E-state index in [2.05, 4.69) is 15.2 Å². The molecule has 0 bridgehead atoms. The van der Waals surface area contributed by atoms with Gasteiger partial charge in [-0.2, -0.15) is 0 Å². The van der Waals surface area contributed by atoms with Crippen molar-refractivity contribution in [1.82, 2.24) is 19.8 Å². The smallest absolute Gasteiger partial charge is 0.261 e. The maximum atomic E-state index is 13.4. The van der Waals surface area contributed by atoms with Crippen LogP contribution in [0.3, 0.4) is 0 Å². The molecule has 1 unspecified atom stereocenters. The number of rotatable bonds is 6. The first-order valence-corrected chi connectivity index (χ1v) is 9.90. The van der Waals surface area contributed by atoms with Gasteiger partial charge < -0.3 is 10.1 Å². The highest BCUT2D eigenvalue weighted by atomic mass is 19.1. The fourth-order valence-electron chi connectivity index (χ4n) is 3.67. The first-order chi connectivity index (χ1) is 14.6. The van der Waals surface area contributed by atoms with Crippen molar-refractivity contribution < 1.29 is 13.9 Å². The van der Waals surface area contributed by atoms with E-state index in [4.69, 9.17) is 4.74 Å². The summed E-state index contributed by atoms with van der Waals surface area (Å²) in [6.07, 6.45) is 1.39. The van der Waals surface area contributed by atoms with Gasteiger partial charge in [-0.05, 0) is 29.8 Å². The normalized spacial score (nSPS) is 15.8. The second-order valence-electron chi connectivity index (χ2n) is 7.21. The summed E-state index contributed by atoms with van der Waals surface area (Å²) in [6.45, 7) is 2.92. The Morgan fingerprint density at radius 1 is 1.13 bits per heavy atom.